The molecule has 1 aromatic carbocycles. The van der Waals surface area contributed by atoms with Gasteiger partial charge in [0.2, 0.25) is 10.0 Å². The molecule has 1 aliphatic rings. The smallest absolute Gasteiger partial charge is 0.267 e. The third-order valence-corrected chi connectivity index (χ3v) is 7.19. The van der Waals surface area contributed by atoms with Crippen LogP contribution in [0, 0.1) is 13.8 Å². The van der Waals surface area contributed by atoms with E-state index in [1.54, 1.807) is 31.6 Å². The molecule has 0 aliphatic carbocycles. The number of nitrogens with zero attached hydrogens (tertiary/aromatic N) is 5. The zero-order chi connectivity index (χ0) is 20.1. The molecule has 9 heteroatoms. The van der Waals surface area contributed by atoms with Gasteiger partial charge in [-0.2, -0.15) is 14.5 Å². The summed E-state index contributed by atoms with van der Waals surface area (Å²) in [6.45, 7) is 3.84. The molecule has 0 amide bonds. The van der Waals surface area contributed by atoms with Crippen LogP contribution in [0.2, 0.25) is 0 Å². The average Bonchev–Trinajstić information content (AvgIpc) is 2.88. The van der Waals surface area contributed by atoms with Gasteiger partial charge in [0.25, 0.3) is 5.56 Å². The molecule has 1 aliphatic heterocycles. The molecule has 4 rings (SSSR count). The van der Waals surface area contributed by atoms with Crippen molar-refractivity contribution >= 4 is 10.0 Å². The van der Waals surface area contributed by atoms with Crippen molar-refractivity contribution in [2.75, 3.05) is 13.1 Å². The Bertz CT molecular complexity index is 1190. The van der Waals surface area contributed by atoms with E-state index in [0.717, 1.165) is 5.56 Å². The zero-order valence-electron chi connectivity index (χ0n) is 15.9. The predicted octanol–water partition coefficient (Wildman–Crippen LogP) is 1.51. The molecule has 1 fully saturated rings. The summed E-state index contributed by atoms with van der Waals surface area (Å²) >= 11 is 0. The van der Waals surface area contributed by atoms with Gasteiger partial charge in [-0.3, -0.25) is 9.48 Å². The number of sulfonamides is 1. The first-order valence-electron chi connectivity index (χ1n) is 8.94. The number of aromatic nitrogens is 4. The van der Waals surface area contributed by atoms with E-state index < -0.39 is 10.0 Å². The summed E-state index contributed by atoms with van der Waals surface area (Å²) < 4.78 is 30.3. The molecule has 3 aromatic rings. The molecule has 0 unspecified atom stereocenters. The van der Waals surface area contributed by atoms with Crippen molar-refractivity contribution in [2.24, 2.45) is 7.05 Å². The molecule has 28 heavy (non-hydrogen) atoms. The Labute approximate surface area is 163 Å². The van der Waals surface area contributed by atoms with Crippen LogP contribution in [0.4, 0.5) is 0 Å². The van der Waals surface area contributed by atoms with Gasteiger partial charge in [0.1, 0.15) is 4.90 Å². The van der Waals surface area contributed by atoms with Crippen LogP contribution < -0.4 is 5.56 Å². The fraction of sp³-hybridized carbons (Fsp3) is 0.316. The summed E-state index contributed by atoms with van der Waals surface area (Å²) in [5.41, 5.74) is 2.42. The maximum absolute atomic E-state index is 13.0. The summed E-state index contributed by atoms with van der Waals surface area (Å²) in [4.78, 5) is 12.5. The van der Waals surface area contributed by atoms with Crippen LogP contribution in [-0.4, -0.2) is 45.4 Å². The monoisotopic (exact) mass is 399 g/mol. The van der Waals surface area contributed by atoms with E-state index in [9.17, 15) is 13.2 Å². The Morgan fingerprint density at radius 1 is 1.00 bits per heavy atom. The van der Waals surface area contributed by atoms with Crippen molar-refractivity contribution in [3.05, 3.63) is 64.2 Å². The lowest BCUT2D eigenvalue weighted by atomic mass is 10.1. The number of aryl methyl sites for hydroxylation is 2. The minimum absolute atomic E-state index is 0.210. The highest BCUT2D eigenvalue weighted by atomic mass is 32.2. The molecular weight excluding hydrogens is 378 g/mol. The summed E-state index contributed by atoms with van der Waals surface area (Å²) in [5, 5.41) is 8.66. The standard InChI is InChI=1S/C19H21N5O3S/c1-13-19(14(2)22(3)20-13)28(26,27)23-11-16(12-23)24-18(25)10-9-17(21-24)15-7-5-4-6-8-15/h4-10,16H,11-12H2,1-3H3. The number of rotatable bonds is 4. The van der Waals surface area contributed by atoms with E-state index in [4.69, 9.17) is 0 Å². The summed E-state index contributed by atoms with van der Waals surface area (Å²) in [5.74, 6) is 0. The highest BCUT2D eigenvalue weighted by Crippen LogP contribution is 2.30. The second kappa shape index (κ2) is 6.68. The average molecular weight is 399 g/mol. The minimum atomic E-state index is -3.65. The van der Waals surface area contributed by atoms with Crippen molar-refractivity contribution < 1.29 is 8.42 Å². The van der Waals surface area contributed by atoms with Gasteiger partial charge >= 0.3 is 0 Å². The Morgan fingerprint density at radius 3 is 2.29 bits per heavy atom. The van der Waals surface area contributed by atoms with Crippen LogP contribution in [-0.2, 0) is 17.1 Å². The highest BCUT2D eigenvalue weighted by Gasteiger charge is 2.41. The zero-order valence-corrected chi connectivity index (χ0v) is 16.7. The van der Waals surface area contributed by atoms with Gasteiger partial charge in [0.05, 0.1) is 23.1 Å². The third-order valence-electron chi connectivity index (χ3n) is 5.11. The molecular formula is C19H21N5O3S. The highest BCUT2D eigenvalue weighted by molar-refractivity contribution is 7.89. The molecule has 146 valence electrons. The maximum atomic E-state index is 13.0. The third kappa shape index (κ3) is 2.96. The Kier molecular flexibility index (Phi) is 4.43. The van der Waals surface area contributed by atoms with Gasteiger partial charge < -0.3 is 0 Å². The van der Waals surface area contributed by atoms with Crippen molar-refractivity contribution in [1.29, 1.82) is 0 Å². The Balaban J connectivity index is 1.60. The minimum Gasteiger partial charge on any atom is -0.271 e. The fourth-order valence-corrected chi connectivity index (χ4v) is 5.39. The van der Waals surface area contributed by atoms with E-state index in [0.29, 0.717) is 17.1 Å². The van der Waals surface area contributed by atoms with Gasteiger partial charge in [0.15, 0.2) is 0 Å². The second-order valence-corrected chi connectivity index (χ2v) is 8.84. The topological polar surface area (TPSA) is 90.1 Å². The molecule has 2 aromatic heterocycles. The first-order valence-corrected chi connectivity index (χ1v) is 10.4. The van der Waals surface area contributed by atoms with Crippen LogP contribution in [0.25, 0.3) is 11.3 Å². The molecule has 0 N–H and O–H groups in total. The van der Waals surface area contributed by atoms with E-state index in [1.165, 1.54) is 15.1 Å². The predicted molar refractivity (Wildman–Crippen MR) is 104 cm³/mol. The van der Waals surface area contributed by atoms with Gasteiger partial charge in [0, 0.05) is 31.8 Å². The van der Waals surface area contributed by atoms with Gasteiger partial charge in [-0.1, -0.05) is 30.3 Å². The lowest BCUT2D eigenvalue weighted by Gasteiger charge is -2.38. The molecule has 1 saturated heterocycles. The molecule has 0 radical (unpaired) electrons. The number of hydrogen-bond acceptors (Lipinski definition) is 5. The normalized spacial score (nSPS) is 15.5. The van der Waals surface area contributed by atoms with Crippen molar-refractivity contribution in [2.45, 2.75) is 24.8 Å². The van der Waals surface area contributed by atoms with E-state index in [-0.39, 0.29) is 29.6 Å². The molecule has 8 nitrogen and oxygen atoms in total. The summed E-state index contributed by atoms with van der Waals surface area (Å²) in [6.07, 6.45) is 0. The molecule has 0 atom stereocenters. The van der Waals surface area contributed by atoms with E-state index in [1.807, 2.05) is 30.3 Å². The van der Waals surface area contributed by atoms with Crippen LogP contribution in [0.15, 0.2) is 52.2 Å². The summed E-state index contributed by atoms with van der Waals surface area (Å²) in [7, 11) is -1.93. The number of hydrogen-bond donors (Lipinski definition) is 0. The Hall–Kier alpha value is -2.78. The first kappa shape index (κ1) is 18.6. The van der Waals surface area contributed by atoms with Gasteiger partial charge in [-0.25, -0.2) is 13.1 Å². The lowest BCUT2D eigenvalue weighted by Crippen LogP contribution is -2.53. The van der Waals surface area contributed by atoms with Gasteiger partial charge in [-0.15, -0.1) is 0 Å². The van der Waals surface area contributed by atoms with Crippen molar-refractivity contribution in [3.8, 4) is 11.3 Å². The maximum Gasteiger partial charge on any atom is 0.267 e. The first-order chi connectivity index (χ1) is 13.3. The Morgan fingerprint density at radius 2 is 1.68 bits per heavy atom. The quantitative estimate of drug-likeness (QED) is 0.663. The van der Waals surface area contributed by atoms with Crippen LogP contribution >= 0.6 is 0 Å². The van der Waals surface area contributed by atoms with Gasteiger partial charge in [-0.05, 0) is 19.9 Å². The number of benzene rings is 1. The fourth-order valence-electron chi connectivity index (χ4n) is 3.47. The molecule has 0 saturated carbocycles. The van der Waals surface area contributed by atoms with Crippen LogP contribution in [0.3, 0.4) is 0 Å². The van der Waals surface area contributed by atoms with Crippen LogP contribution in [0.1, 0.15) is 17.4 Å². The molecule has 0 spiro atoms. The van der Waals surface area contributed by atoms with Crippen molar-refractivity contribution in [3.63, 3.8) is 0 Å². The second-order valence-electron chi connectivity index (χ2n) is 6.97. The molecule has 3 heterocycles. The SMILES string of the molecule is Cc1nn(C)c(C)c1S(=O)(=O)N1CC(n2nc(-c3ccccc3)ccc2=O)C1. The summed E-state index contributed by atoms with van der Waals surface area (Å²) in [6, 6.07) is 12.4. The van der Waals surface area contributed by atoms with Crippen molar-refractivity contribution in [1.82, 2.24) is 23.9 Å². The van der Waals surface area contributed by atoms with Crippen LogP contribution in [0.5, 0.6) is 0 Å². The van der Waals surface area contributed by atoms with E-state index >= 15 is 0 Å². The lowest BCUT2D eigenvalue weighted by molar-refractivity contribution is 0.185. The van der Waals surface area contributed by atoms with E-state index in [2.05, 4.69) is 10.2 Å². The molecule has 0 bridgehead atoms. The largest absolute Gasteiger partial charge is 0.271 e.